The predicted molar refractivity (Wildman–Crippen MR) is 121 cm³/mol. The van der Waals surface area contributed by atoms with E-state index in [9.17, 15) is 4.79 Å². The summed E-state index contributed by atoms with van der Waals surface area (Å²) in [5.74, 6) is 0.333. The van der Waals surface area contributed by atoms with Gasteiger partial charge in [0.15, 0.2) is 0 Å². The van der Waals surface area contributed by atoms with Crippen molar-refractivity contribution in [2.45, 2.75) is 40.6 Å². The number of hydrogen-bond acceptors (Lipinski definition) is 4. The van der Waals surface area contributed by atoms with Gasteiger partial charge in [-0.05, 0) is 36.5 Å². The zero-order valence-corrected chi connectivity index (χ0v) is 17.8. The van der Waals surface area contributed by atoms with Crippen molar-refractivity contribution in [2.75, 3.05) is 5.32 Å². The van der Waals surface area contributed by atoms with Crippen molar-refractivity contribution in [1.29, 1.82) is 0 Å². The van der Waals surface area contributed by atoms with Gasteiger partial charge in [0.25, 0.3) is 5.56 Å². The van der Waals surface area contributed by atoms with Crippen LogP contribution in [0.25, 0.3) is 33.5 Å². The van der Waals surface area contributed by atoms with Crippen LogP contribution >= 0.6 is 0 Å². The lowest BCUT2D eigenvalue weighted by molar-refractivity contribution is 0.643. The fraction of sp³-hybridized carbons (Fsp3) is 0.381. The average molecular weight is 390 g/mol. The molecule has 7 nitrogen and oxygen atoms in total. The molecule has 4 aromatic rings. The van der Waals surface area contributed by atoms with Gasteiger partial charge in [-0.15, -0.1) is 0 Å². The summed E-state index contributed by atoms with van der Waals surface area (Å²) in [7, 11) is 8.06. The third-order valence-corrected chi connectivity index (χ3v) is 4.69. The number of aryl methyl sites for hydroxylation is 2. The second-order valence-electron chi connectivity index (χ2n) is 7.29. The maximum Gasteiger partial charge on any atom is 0.261 e. The van der Waals surface area contributed by atoms with Gasteiger partial charge in [-0.25, -0.2) is 4.98 Å². The molecule has 8 heteroatoms. The Morgan fingerprint density at radius 3 is 2.59 bits per heavy atom. The van der Waals surface area contributed by atoms with Gasteiger partial charge in [-0.1, -0.05) is 33.8 Å². The van der Waals surface area contributed by atoms with Crippen molar-refractivity contribution >= 4 is 35.6 Å². The molecule has 0 bridgehead atoms. The minimum absolute atomic E-state index is 0.175. The Morgan fingerprint density at radius 2 is 1.90 bits per heavy atom. The Bertz CT molecular complexity index is 1200. The van der Waals surface area contributed by atoms with Crippen molar-refractivity contribution < 1.29 is 0 Å². The molecule has 2 radical (unpaired) electrons. The van der Waals surface area contributed by atoms with E-state index < -0.39 is 0 Å². The van der Waals surface area contributed by atoms with E-state index in [0.29, 0.717) is 28.1 Å². The predicted octanol–water partition coefficient (Wildman–Crippen LogP) is 3.70. The lowest BCUT2D eigenvalue weighted by Crippen LogP contribution is -2.27. The molecule has 0 amide bonds. The Morgan fingerprint density at radius 1 is 1.17 bits per heavy atom. The first-order chi connectivity index (χ1) is 13.8. The van der Waals surface area contributed by atoms with Crippen molar-refractivity contribution in [3.63, 3.8) is 0 Å². The molecule has 3 heterocycles. The number of H-pyrrole nitrogens is 2. The number of anilines is 1. The molecule has 0 aliphatic heterocycles. The molecule has 29 heavy (non-hydrogen) atoms. The summed E-state index contributed by atoms with van der Waals surface area (Å²) >= 11 is 0. The summed E-state index contributed by atoms with van der Waals surface area (Å²) in [4.78, 5) is 23.7. The van der Waals surface area contributed by atoms with Crippen molar-refractivity contribution in [3.8, 4) is 11.4 Å². The van der Waals surface area contributed by atoms with Crippen LogP contribution in [0.4, 0.5) is 5.69 Å². The van der Waals surface area contributed by atoms with Crippen LogP contribution in [0.2, 0.25) is 0 Å². The number of imidazole rings is 1. The third-order valence-electron chi connectivity index (χ3n) is 4.69. The van der Waals surface area contributed by atoms with Crippen LogP contribution in [0.15, 0.2) is 29.2 Å². The molecule has 0 aliphatic carbocycles. The zero-order chi connectivity index (χ0) is 21.3. The van der Waals surface area contributed by atoms with Gasteiger partial charge >= 0.3 is 0 Å². The first-order valence-corrected chi connectivity index (χ1v) is 9.92. The molecule has 0 fully saturated rings. The van der Waals surface area contributed by atoms with Gasteiger partial charge in [-0.3, -0.25) is 9.48 Å². The van der Waals surface area contributed by atoms with Crippen LogP contribution in [0.1, 0.15) is 33.3 Å². The van der Waals surface area contributed by atoms with Crippen LogP contribution in [0, 0.1) is 12.8 Å². The number of nitrogens with one attached hydrogen (secondary N) is 3. The number of nitrogens with zero attached hydrogens (tertiary/aromatic N) is 3. The zero-order valence-electron chi connectivity index (χ0n) is 17.8. The molecule has 1 aromatic carbocycles. The highest BCUT2D eigenvalue weighted by Gasteiger charge is 2.21. The lowest BCUT2D eigenvalue weighted by atomic mass is 9.85. The van der Waals surface area contributed by atoms with Crippen LogP contribution in [0.5, 0.6) is 0 Å². The molecule has 0 spiro atoms. The van der Waals surface area contributed by atoms with E-state index in [1.165, 1.54) is 0 Å². The maximum atomic E-state index is 12.9. The van der Waals surface area contributed by atoms with E-state index >= 15 is 0 Å². The van der Waals surface area contributed by atoms with E-state index in [2.05, 4.69) is 25.4 Å². The van der Waals surface area contributed by atoms with Crippen molar-refractivity contribution in [1.82, 2.24) is 24.7 Å². The highest BCUT2D eigenvalue weighted by Crippen LogP contribution is 2.31. The van der Waals surface area contributed by atoms with Crippen LogP contribution in [-0.4, -0.2) is 38.5 Å². The van der Waals surface area contributed by atoms with E-state index in [1.807, 2.05) is 59.9 Å². The summed E-state index contributed by atoms with van der Waals surface area (Å²) in [6.07, 6.45) is 1.77. The van der Waals surface area contributed by atoms with Crippen LogP contribution in [-0.2, 0) is 7.05 Å². The van der Waals surface area contributed by atoms with Gasteiger partial charge in [-0.2, -0.15) is 5.10 Å². The number of fused-ring (bicyclic) bond motifs is 2. The quantitative estimate of drug-likeness (QED) is 0.464. The lowest BCUT2D eigenvalue weighted by Gasteiger charge is -2.21. The van der Waals surface area contributed by atoms with E-state index in [4.69, 9.17) is 7.85 Å². The highest BCUT2D eigenvalue weighted by molar-refractivity contribution is 6.14. The van der Waals surface area contributed by atoms with Gasteiger partial charge < -0.3 is 15.3 Å². The number of aromatic amines is 2. The summed E-state index contributed by atoms with van der Waals surface area (Å²) < 4.78 is 1.67. The summed E-state index contributed by atoms with van der Waals surface area (Å²) in [6.45, 7) is 10.1. The number of benzene rings is 1. The number of aromatic nitrogens is 5. The molecular formula is C21H27BN6O. The molecule has 4 rings (SSSR count). The Kier molecular flexibility index (Phi) is 5.82. The van der Waals surface area contributed by atoms with Crippen molar-refractivity contribution in [2.24, 2.45) is 13.0 Å². The number of hydrogen-bond donors (Lipinski definition) is 3. The molecule has 1 atom stereocenters. The smallest absolute Gasteiger partial charge is 0.261 e. The average Bonchev–Trinajstić information content (AvgIpc) is 3.25. The maximum absolute atomic E-state index is 12.9. The van der Waals surface area contributed by atoms with Crippen LogP contribution in [0.3, 0.4) is 0 Å². The second-order valence-corrected chi connectivity index (χ2v) is 7.29. The standard InChI is InChI=1S/C19H21BN6O.C2H6/c1-9(2)17(20)24-16-14(19(27)23-13-8-26(4)25-15(13)16)18-21-11-6-5-10(3)7-12(11)22-18;1-2/h5-9,17,24H,1-4H3,(H,21,22)(H,23,27);1-2H3. The van der Waals surface area contributed by atoms with E-state index in [1.54, 1.807) is 10.9 Å². The van der Waals surface area contributed by atoms with E-state index in [-0.39, 0.29) is 17.4 Å². The molecule has 0 aliphatic rings. The highest BCUT2D eigenvalue weighted by atomic mass is 16.1. The van der Waals surface area contributed by atoms with Gasteiger partial charge in [0.05, 0.1) is 30.1 Å². The first kappa shape index (κ1) is 20.7. The molecule has 1 unspecified atom stereocenters. The molecule has 0 saturated carbocycles. The Balaban J connectivity index is 0.00000117. The Labute approximate surface area is 171 Å². The number of pyridine rings is 1. The molecular weight excluding hydrogens is 363 g/mol. The molecule has 150 valence electrons. The van der Waals surface area contributed by atoms with E-state index in [0.717, 1.165) is 16.6 Å². The van der Waals surface area contributed by atoms with Crippen LogP contribution < -0.4 is 10.9 Å². The molecule has 3 N–H and O–H groups in total. The topological polar surface area (TPSA) is 91.4 Å². The first-order valence-electron chi connectivity index (χ1n) is 9.92. The van der Waals surface area contributed by atoms with Gasteiger partial charge in [0.2, 0.25) is 0 Å². The Hall–Kier alpha value is -3.03. The third kappa shape index (κ3) is 3.92. The normalized spacial score (nSPS) is 12.2. The molecule has 0 saturated heterocycles. The minimum Gasteiger partial charge on any atom is -0.388 e. The summed E-state index contributed by atoms with van der Waals surface area (Å²) in [6, 6.07) is 5.93. The van der Waals surface area contributed by atoms with Gasteiger partial charge in [0, 0.05) is 13.2 Å². The monoisotopic (exact) mass is 390 g/mol. The number of rotatable bonds is 4. The SMILES string of the molecule is CC.[B]C(Nc1c(-c2nc3ccc(C)cc3[nH]2)c(=O)[nH]c2cn(C)nc12)C(C)C. The van der Waals surface area contributed by atoms with Crippen molar-refractivity contribution in [3.05, 3.63) is 40.3 Å². The largest absolute Gasteiger partial charge is 0.388 e. The molecule has 3 aromatic heterocycles. The fourth-order valence-electron chi connectivity index (χ4n) is 3.12. The van der Waals surface area contributed by atoms with Gasteiger partial charge in [0.1, 0.15) is 16.9 Å². The summed E-state index contributed by atoms with van der Waals surface area (Å²) in [5, 5.41) is 7.79. The minimum atomic E-state index is -0.331. The summed E-state index contributed by atoms with van der Waals surface area (Å²) in [5.41, 5.74) is 4.85. The fourth-order valence-corrected chi connectivity index (χ4v) is 3.12. The second kappa shape index (κ2) is 8.15.